The molecular formula is C15H28OSSi2. The predicted octanol–water partition coefficient (Wildman–Crippen LogP) is 4.10. The average Bonchev–Trinajstić information content (AvgIpc) is 2.23. The summed E-state index contributed by atoms with van der Waals surface area (Å²) in [5.41, 5.74) is 1.33. The maximum atomic E-state index is 12.8. The summed E-state index contributed by atoms with van der Waals surface area (Å²) >= 11 is 0. The third-order valence-electron chi connectivity index (χ3n) is 3.12. The third-order valence-corrected chi connectivity index (χ3v) is 13.6. The van der Waals surface area contributed by atoms with E-state index in [0.717, 1.165) is 11.8 Å². The van der Waals surface area contributed by atoms with E-state index in [1.54, 1.807) is 0 Å². The molecule has 19 heavy (non-hydrogen) atoms. The van der Waals surface area contributed by atoms with E-state index >= 15 is 0 Å². The second-order valence-corrected chi connectivity index (χ2v) is 21.1. The Hall–Kier alpha value is -0.196. The van der Waals surface area contributed by atoms with Crippen LogP contribution in [0, 0.1) is 0 Å². The van der Waals surface area contributed by atoms with Crippen LogP contribution >= 0.6 is 0 Å². The Balaban J connectivity index is 2.88. The van der Waals surface area contributed by atoms with Crippen LogP contribution in [0.1, 0.15) is 5.56 Å². The van der Waals surface area contributed by atoms with Gasteiger partial charge in [-0.1, -0.05) is 69.6 Å². The van der Waals surface area contributed by atoms with Crippen LogP contribution in [0.25, 0.3) is 0 Å². The van der Waals surface area contributed by atoms with Crippen molar-refractivity contribution in [2.24, 2.45) is 0 Å². The highest BCUT2D eigenvalue weighted by molar-refractivity contribution is 7.89. The second kappa shape index (κ2) is 6.50. The van der Waals surface area contributed by atoms with Crippen LogP contribution in [0.4, 0.5) is 0 Å². The Morgan fingerprint density at radius 1 is 1.00 bits per heavy atom. The van der Waals surface area contributed by atoms with Gasteiger partial charge < -0.3 is 0 Å². The lowest BCUT2D eigenvalue weighted by atomic mass is 10.2. The van der Waals surface area contributed by atoms with Gasteiger partial charge in [-0.2, -0.15) is 0 Å². The molecule has 0 bridgehead atoms. The number of benzene rings is 1. The summed E-state index contributed by atoms with van der Waals surface area (Å²) in [5, 5.41) is 0.939. The highest BCUT2D eigenvalue weighted by atomic mass is 32.2. The molecule has 0 aliphatic heterocycles. The van der Waals surface area contributed by atoms with Crippen molar-refractivity contribution in [2.75, 3.05) is 5.38 Å². The van der Waals surface area contributed by atoms with Crippen LogP contribution in [-0.4, -0.2) is 30.6 Å². The van der Waals surface area contributed by atoms with Crippen LogP contribution in [0.15, 0.2) is 30.3 Å². The number of hydrogen-bond acceptors (Lipinski definition) is 1. The Labute approximate surface area is 123 Å². The lowest BCUT2D eigenvalue weighted by Gasteiger charge is -2.30. The Bertz CT molecular complexity index is 418. The quantitative estimate of drug-likeness (QED) is 0.723. The molecule has 0 spiro atoms. The normalized spacial score (nSPS) is 16.1. The van der Waals surface area contributed by atoms with Gasteiger partial charge in [0.25, 0.3) is 0 Å². The molecule has 4 heteroatoms. The van der Waals surface area contributed by atoms with Gasteiger partial charge in [0.05, 0.1) is 16.1 Å². The molecule has 1 aromatic rings. The summed E-state index contributed by atoms with van der Waals surface area (Å²) < 4.78 is 12.8. The highest BCUT2D eigenvalue weighted by Gasteiger charge is 2.34. The van der Waals surface area contributed by atoms with Gasteiger partial charge in [0.1, 0.15) is 0 Å². The first-order valence-corrected chi connectivity index (χ1v) is 15.7. The van der Waals surface area contributed by atoms with Crippen LogP contribution < -0.4 is 0 Å². The van der Waals surface area contributed by atoms with E-state index in [4.69, 9.17) is 0 Å². The fourth-order valence-electron chi connectivity index (χ4n) is 2.15. The van der Waals surface area contributed by atoms with Crippen molar-refractivity contribution in [3.05, 3.63) is 35.9 Å². The zero-order valence-electron chi connectivity index (χ0n) is 13.2. The first-order valence-electron chi connectivity index (χ1n) is 7.01. The molecular weight excluding hydrogens is 284 g/mol. The minimum absolute atomic E-state index is 0.377. The Kier molecular flexibility index (Phi) is 5.77. The van der Waals surface area contributed by atoms with Crippen LogP contribution in [0.2, 0.25) is 39.3 Å². The Morgan fingerprint density at radius 3 is 1.95 bits per heavy atom. The maximum absolute atomic E-state index is 12.8. The fourth-order valence-corrected chi connectivity index (χ4v) is 11.5. The molecule has 0 saturated carbocycles. The SMILES string of the molecule is C[Si](C)(C)CS(=O)C(Cc1ccccc1)[Si](C)(C)C. The van der Waals surface area contributed by atoms with E-state index in [2.05, 4.69) is 63.5 Å². The van der Waals surface area contributed by atoms with Gasteiger partial charge in [-0.05, 0) is 12.0 Å². The van der Waals surface area contributed by atoms with E-state index < -0.39 is 26.9 Å². The lowest BCUT2D eigenvalue weighted by Crippen LogP contribution is -2.46. The van der Waals surface area contributed by atoms with Gasteiger partial charge >= 0.3 is 0 Å². The van der Waals surface area contributed by atoms with E-state index in [1.807, 2.05) is 6.07 Å². The molecule has 0 aromatic heterocycles. The summed E-state index contributed by atoms with van der Waals surface area (Å²) in [5.74, 6) is 0. The smallest absolute Gasteiger partial charge is 0.0624 e. The number of hydrogen-bond donors (Lipinski definition) is 0. The Morgan fingerprint density at radius 2 is 1.53 bits per heavy atom. The largest absolute Gasteiger partial charge is 0.260 e. The zero-order chi connectivity index (χ0) is 14.7. The monoisotopic (exact) mass is 312 g/mol. The fraction of sp³-hybridized carbons (Fsp3) is 0.600. The minimum Gasteiger partial charge on any atom is -0.260 e. The molecule has 2 unspecified atom stereocenters. The summed E-state index contributed by atoms with van der Waals surface area (Å²) in [6, 6.07) is 10.5. The molecule has 0 saturated heterocycles. The molecule has 2 atom stereocenters. The molecule has 0 aliphatic carbocycles. The van der Waals surface area contributed by atoms with Crippen molar-refractivity contribution < 1.29 is 4.21 Å². The topological polar surface area (TPSA) is 17.1 Å². The first-order chi connectivity index (χ1) is 8.59. The molecule has 0 aliphatic rings. The molecule has 1 rings (SSSR count). The lowest BCUT2D eigenvalue weighted by molar-refractivity contribution is 0.681. The van der Waals surface area contributed by atoms with Crippen molar-refractivity contribution in [3.8, 4) is 0 Å². The van der Waals surface area contributed by atoms with E-state index in [9.17, 15) is 4.21 Å². The van der Waals surface area contributed by atoms with Crippen LogP contribution in [0.5, 0.6) is 0 Å². The zero-order valence-corrected chi connectivity index (χ0v) is 16.0. The third kappa shape index (κ3) is 6.19. The molecule has 108 valence electrons. The molecule has 0 fully saturated rings. The first kappa shape index (κ1) is 16.9. The van der Waals surface area contributed by atoms with E-state index in [-0.39, 0.29) is 0 Å². The summed E-state index contributed by atoms with van der Waals surface area (Å²) in [6.07, 6.45) is 0.980. The molecule has 1 nitrogen and oxygen atoms in total. The van der Waals surface area contributed by atoms with Gasteiger partial charge in [-0.15, -0.1) is 0 Å². The molecule has 1 aromatic carbocycles. The molecule has 0 heterocycles. The van der Waals surface area contributed by atoms with Crippen LogP contribution in [0.3, 0.4) is 0 Å². The van der Waals surface area contributed by atoms with Crippen molar-refractivity contribution in [1.82, 2.24) is 0 Å². The van der Waals surface area contributed by atoms with Crippen molar-refractivity contribution in [3.63, 3.8) is 0 Å². The number of rotatable bonds is 6. The van der Waals surface area contributed by atoms with Crippen molar-refractivity contribution >= 4 is 26.9 Å². The standard InChI is InChI=1S/C15H28OSSi2/c1-18(2,3)13-17(16)15(19(4,5)6)12-14-10-8-7-9-11-14/h7-11,15H,12-13H2,1-6H3. The molecule has 0 N–H and O–H groups in total. The second-order valence-electron chi connectivity index (χ2n) is 7.63. The summed E-state index contributed by atoms with van der Waals surface area (Å²) in [7, 11) is -3.34. The van der Waals surface area contributed by atoms with Gasteiger partial charge in [-0.25, -0.2) is 0 Å². The highest BCUT2D eigenvalue weighted by Crippen LogP contribution is 2.21. The van der Waals surface area contributed by atoms with Crippen molar-refractivity contribution in [2.45, 2.75) is 50.6 Å². The van der Waals surface area contributed by atoms with E-state index in [0.29, 0.717) is 4.87 Å². The van der Waals surface area contributed by atoms with Gasteiger partial charge in [0.15, 0.2) is 0 Å². The summed E-state index contributed by atoms with van der Waals surface area (Å²) in [4.78, 5) is 0.377. The minimum atomic E-state index is -1.41. The van der Waals surface area contributed by atoms with Gasteiger partial charge in [0, 0.05) is 21.0 Å². The van der Waals surface area contributed by atoms with Gasteiger partial charge in [-0.3, -0.25) is 4.21 Å². The maximum Gasteiger partial charge on any atom is 0.0624 e. The predicted molar refractivity (Wildman–Crippen MR) is 93.6 cm³/mol. The van der Waals surface area contributed by atoms with E-state index in [1.165, 1.54) is 5.56 Å². The molecule has 0 radical (unpaired) electrons. The average molecular weight is 313 g/mol. The summed E-state index contributed by atoms with van der Waals surface area (Å²) in [6.45, 7) is 14.0. The molecule has 0 amide bonds. The van der Waals surface area contributed by atoms with Crippen LogP contribution in [-0.2, 0) is 17.2 Å². The van der Waals surface area contributed by atoms with Crippen molar-refractivity contribution in [1.29, 1.82) is 0 Å². The van der Waals surface area contributed by atoms with Gasteiger partial charge in [0.2, 0.25) is 0 Å².